The number of fused-ring (bicyclic) bond motifs is 2. The van der Waals surface area contributed by atoms with Crippen LogP contribution in [0.25, 0.3) is 17.1 Å². The monoisotopic (exact) mass is 479 g/mol. The number of esters is 2. The Kier molecular flexibility index (Phi) is 8.01. The first-order valence-electron chi connectivity index (χ1n) is 11.3. The maximum atomic E-state index is 12.4. The minimum Gasteiger partial charge on any atom is -0.463 e. The number of carbonyl (C=O) groups is 3. The average molecular weight is 480 g/mol. The van der Waals surface area contributed by atoms with Crippen molar-refractivity contribution < 1.29 is 28.6 Å². The number of nitrogens with zero attached hydrogens (tertiary/aromatic N) is 3. The molecule has 0 aromatic carbocycles. The zero-order chi connectivity index (χ0) is 25.6. The molecule has 0 bridgehead atoms. The lowest BCUT2D eigenvalue weighted by molar-refractivity contribution is -0.138. The van der Waals surface area contributed by atoms with Crippen molar-refractivity contribution >= 4 is 35.1 Å². The van der Waals surface area contributed by atoms with Crippen LogP contribution in [0.15, 0.2) is 48.3 Å². The van der Waals surface area contributed by atoms with E-state index in [9.17, 15) is 14.4 Å². The van der Waals surface area contributed by atoms with E-state index in [1.54, 1.807) is 65.2 Å². The first-order chi connectivity index (χ1) is 16.6. The molecule has 0 radical (unpaired) electrons. The van der Waals surface area contributed by atoms with Gasteiger partial charge in [0.2, 0.25) is 0 Å². The fourth-order valence-electron chi connectivity index (χ4n) is 3.39. The van der Waals surface area contributed by atoms with Crippen molar-refractivity contribution in [1.82, 2.24) is 14.5 Å². The van der Waals surface area contributed by atoms with Crippen LogP contribution in [-0.4, -0.2) is 51.4 Å². The molecule has 1 aliphatic carbocycles. The number of hydrogen-bond donors (Lipinski definition) is 0. The van der Waals surface area contributed by atoms with E-state index in [2.05, 4.69) is 9.97 Å². The molecule has 0 unspecified atom stereocenters. The first-order valence-corrected chi connectivity index (χ1v) is 11.3. The van der Waals surface area contributed by atoms with Gasteiger partial charge in [0.25, 0.3) is 0 Å². The number of hydrogen-bond acceptors (Lipinski definition) is 8. The fourth-order valence-corrected chi connectivity index (χ4v) is 3.39. The van der Waals surface area contributed by atoms with E-state index in [1.807, 2.05) is 18.2 Å². The summed E-state index contributed by atoms with van der Waals surface area (Å²) in [4.78, 5) is 44.1. The molecule has 0 aliphatic heterocycles. The number of ether oxygens (including phenoxy) is 3. The minimum absolute atomic E-state index is 0.111. The number of pyridine rings is 2. The summed E-state index contributed by atoms with van der Waals surface area (Å²) >= 11 is 0. The van der Waals surface area contributed by atoms with Gasteiger partial charge in [-0.05, 0) is 70.5 Å². The van der Waals surface area contributed by atoms with Crippen LogP contribution >= 0.6 is 0 Å². The highest BCUT2D eigenvalue weighted by Gasteiger charge is 2.26. The molecular formula is C26H29N3O6. The maximum Gasteiger partial charge on any atom is 0.420 e. The first kappa shape index (κ1) is 25.6. The van der Waals surface area contributed by atoms with Gasteiger partial charge in [0, 0.05) is 29.8 Å². The number of aromatic nitrogens is 3. The summed E-state index contributed by atoms with van der Waals surface area (Å²) in [7, 11) is 0. The molecule has 0 fully saturated rings. The lowest BCUT2D eigenvalue weighted by atomic mass is 10.2. The standard InChI is InChI=1S/C15H18N2O4.C11H11NO2/c1-5-20-13(18)11-9-10-7-6-8-16-12(10)17(11)14(19)21-15(2,3)4;1-2-14-11(13)9-6-8-4-3-5-12-10(8)7-9/h6-9H,5H2,1-4H3;3-6H,2,7H2,1H3. The normalized spacial score (nSPS) is 12.2. The van der Waals surface area contributed by atoms with Crippen molar-refractivity contribution in [2.24, 2.45) is 0 Å². The summed E-state index contributed by atoms with van der Waals surface area (Å²) in [6.07, 6.45) is 5.08. The van der Waals surface area contributed by atoms with Crippen LogP contribution in [0.4, 0.5) is 4.79 Å². The van der Waals surface area contributed by atoms with Crippen LogP contribution in [0, 0.1) is 0 Å². The molecule has 0 amide bonds. The molecule has 184 valence electrons. The Morgan fingerprint density at radius 3 is 2.29 bits per heavy atom. The second kappa shape index (κ2) is 10.9. The van der Waals surface area contributed by atoms with Crippen molar-refractivity contribution in [1.29, 1.82) is 0 Å². The van der Waals surface area contributed by atoms with Crippen molar-refractivity contribution in [2.45, 2.75) is 46.6 Å². The zero-order valence-corrected chi connectivity index (χ0v) is 20.5. The van der Waals surface area contributed by atoms with Gasteiger partial charge in [-0.15, -0.1) is 0 Å². The molecule has 0 N–H and O–H groups in total. The molecule has 1 aliphatic rings. The highest BCUT2D eigenvalue weighted by atomic mass is 16.6. The molecule has 0 atom stereocenters. The van der Waals surface area contributed by atoms with Gasteiger partial charge in [-0.3, -0.25) is 4.98 Å². The van der Waals surface area contributed by atoms with E-state index in [4.69, 9.17) is 14.2 Å². The van der Waals surface area contributed by atoms with Crippen LogP contribution in [-0.2, 0) is 25.4 Å². The quantitative estimate of drug-likeness (QED) is 0.395. The Balaban J connectivity index is 0.000000211. The van der Waals surface area contributed by atoms with Gasteiger partial charge >= 0.3 is 18.0 Å². The minimum atomic E-state index is -0.672. The lowest BCUT2D eigenvalue weighted by Gasteiger charge is -2.20. The van der Waals surface area contributed by atoms with Gasteiger partial charge in [-0.2, -0.15) is 0 Å². The Morgan fingerprint density at radius 2 is 1.63 bits per heavy atom. The third-order valence-corrected chi connectivity index (χ3v) is 4.77. The molecule has 9 nitrogen and oxygen atoms in total. The second-order valence-corrected chi connectivity index (χ2v) is 8.59. The molecule has 3 aromatic rings. The summed E-state index contributed by atoms with van der Waals surface area (Å²) in [5, 5.41) is 0.673. The Bertz CT molecular complexity index is 1270. The molecule has 35 heavy (non-hydrogen) atoms. The zero-order valence-electron chi connectivity index (χ0n) is 20.5. The summed E-state index contributed by atoms with van der Waals surface area (Å²) < 4.78 is 16.4. The van der Waals surface area contributed by atoms with E-state index in [0.717, 1.165) is 15.8 Å². The van der Waals surface area contributed by atoms with Crippen molar-refractivity contribution in [3.05, 3.63) is 65.2 Å². The van der Waals surface area contributed by atoms with Gasteiger partial charge in [-0.25, -0.2) is 23.9 Å². The van der Waals surface area contributed by atoms with Gasteiger partial charge in [0.05, 0.1) is 18.9 Å². The molecule has 0 spiro atoms. The Hall–Kier alpha value is -4.01. The molecule has 3 aromatic heterocycles. The molecule has 9 heteroatoms. The highest BCUT2D eigenvalue weighted by Crippen LogP contribution is 2.23. The Labute approximate surface area is 203 Å². The van der Waals surface area contributed by atoms with Crippen LogP contribution in [0.2, 0.25) is 0 Å². The van der Waals surface area contributed by atoms with Crippen molar-refractivity contribution in [3.63, 3.8) is 0 Å². The summed E-state index contributed by atoms with van der Waals surface area (Å²) in [6.45, 7) is 9.42. The number of rotatable bonds is 4. The van der Waals surface area contributed by atoms with Gasteiger partial charge in [-0.1, -0.05) is 6.07 Å². The van der Waals surface area contributed by atoms with Crippen molar-refractivity contribution in [2.75, 3.05) is 13.2 Å². The molecular weight excluding hydrogens is 450 g/mol. The molecule has 3 heterocycles. The van der Waals surface area contributed by atoms with E-state index in [-0.39, 0.29) is 18.3 Å². The maximum absolute atomic E-state index is 12.4. The molecule has 0 saturated carbocycles. The highest BCUT2D eigenvalue weighted by molar-refractivity contribution is 6.00. The second-order valence-electron chi connectivity index (χ2n) is 8.59. The predicted octanol–water partition coefficient (Wildman–Crippen LogP) is 4.58. The largest absolute Gasteiger partial charge is 0.463 e. The summed E-state index contributed by atoms with van der Waals surface area (Å²) in [6, 6.07) is 8.89. The van der Waals surface area contributed by atoms with E-state index in [1.165, 1.54) is 0 Å². The fraction of sp³-hybridized carbons (Fsp3) is 0.346. The third kappa shape index (κ3) is 6.32. The van der Waals surface area contributed by atoms with Crippen LogP contribution in [0.3, 0.4) is 0 Å². The van der Waals surface area contributed by atoms with Gasteiger partial charge < -0.3 is 14.2 Å². The topological polar surface area (TPSA) is 110 Å². The predicted molar refractivity (Wildman–Crippen MR) is 130 cm³/mol. The number of carbonyl (C=O) groups excluding carboxylic acids is 3. The van der Waals surface area contributed by atoms with Gasteiger partial charge in [0.15, 0.2) is 0 Å². The van der Waals surface area contributed by atoms with E-state index in [0.29, 0.717) is 29.6 Å². The van der Waals surface area contributed by atoms with Crippen LogP contribution in [0.1, 0.15) is 56.4 Å². The molecule has 4 rings (SSSR count). The van der Waals surface area contributed by atoms with Crippen LogP contribution < -0.4 is 0 Å². The SMILES string of the molecule is CCOC(=O)C1=Cc2cccnc2C1.CCOC(=O)c1cc2cccnc2n1C(=O)OC(C)(C)C. The average Bonchev–Trinajstić information content (AvgIpc) is 3.41. The smallest absolute Gasteiger partial charge is 0.420 e. The van der Waals surface area contributed by atoms with Gasteiger partial charge in [0.1, 0.15) is 16.9 Å². The van der Waals surface area contributed by atoms with E-state index < -0.39 is 17.7 Å². The summed E-state index contributed by atoms with van der Waals surface area (Å²) in [5.41, 5.74) is 2.48. The molecule has 0 saturated heterocycles. The lowest BCUT2D eigenvalue weighted by Crippen LogP contribution is -2.29. The van der Waals surface area contributed by atoms with Crippen LogP contribution in [0.5, 0.6) is 0 Å². The van der Waals surface area contributed by atoms with E-state index >= 15 is 0 Å². The Morgan fingerprint density at radius 1 is 0.971 bits per heavy atom. The van der Waals surface area contributed by atoms with Crippen molar-refractivity contribution in [3.8, 4) is 0 Å². The third-order valence-electron chi connectivity index (χ3n) is 4.77. The summed E-state index contributed by atoms with van der Waals surface area (Å²) in [5.74, 6) is -0.813.